The lowest BCUT2D eigenvalue weighted by Crippen LogP contribution is -2.36. The second kappa shape index (κ2) is 8.76. The fourth-order valence-corrected chi connectivity index (χ4v) is 4.49. The van der Waals surface area contributed by atoms with Crippen molar-refractivity contribution in [2.45, 2.75) is 31.5 Å². The van der Waals surface area contributed by atoms with E-state index in [1.54, 1.807) is 29.4 Å². The molecule has 0 unspecified atom stereocenters. The Morgan fingerprint density at radius 3 is 2.94 bits per heavy atom. The maximum absolute atomic E-state index is 13.0. The van der Waals surface area contributed by atoms with Gasteiger partial charge in [0.05, 0.1) is 22.5 Å². The first-order valence-corrected chi connectivity index (χ1v) is 10.8. The molecule has 0 fully saturated rings. The summed E-state index contributed by atoms with van der Waals surface area (Å²) in [5.74, 6) is 1.51. The minimum Gasteiger partial charge on any atom is -0.469 e. The largest absolute Gasteiger partial charge is 0.469 e. The van der Waals surface area contributed by atoms with Gasteiger partial charge in [0.15, 0.2) is 11.0 Å². The molecule has 0 N–H and O–H groups in total. The molecule has 0 aliphatic carbocycles. The van der Waals surface area contributed by atoms with Crippen molar-refractivity contribution < 1.29 is 14.1 Å². The van der Waals surface area contributed by atoms with E-state index in [4.69, 9.17) is 4.42 Å². The fraction of sp³-hybridized carbons (Fsp3) is 0.286. The van der Waals surface area contributed by atoms with Gasteiger partial charge in [-0.05, 0) is 37.5 Å². The summed E-state index contributed by atoms with van der Waals surface area (Å²) in [4.78, 5) is 25.3. The van der Waals surface area contributed by atoms with E-state index in [-0.39, 0.29) is 17.3 Å². The molecule has 0 saturated carbocycles. The molecule has 4 rings (SSSR count). The van der Waals surface area contributed by atoms with Gasteiger partial charge in [0.2, 0.25) is 5.91 Å². The van der Waals surface area contributed by atoms with Gasteiger partial charge in [0.1, 0.15) is 5.76 Å². The van der Waals surface area contributed by atoms with Gasteiger partial charge in [-0.25, -0.2) is 0 Å². The molecule has 31 heavy (non-hydrogen) atoms. The number of hydrogen-bond donors (Lipinski definition) is 0. The second-order valence-electron chi connectivity index (χ2n) is 7.10. The highest BCUT2D eigenvalue weighted by atomic mass is 32.2. The highest BCUT2D eigenvalue weighted by Crippen LogP contribution is 2.32. The molecule has 1 aliphatic heterocycles. The van der Waals surface area contributed by atoms with Gasteiger partial charge < -0.3 is 9.32 Å². The summed E-state index contributed by atoms with van der Waals surface area (Å²) >= 11 is 1.31. The molecule has 9 nitrogen and oxygen atoms in total. The predicted molar refractivity (Wildman–Crippen MR) is 117 cm³/mol. The fourth-order valence-electron chi connectivity index (χ4n) is 3.67. The van der Waals surface area contributed by atoms with Gasteiger partial charge in [0.25, 0.3) is 5.69 Å². The maximum atomic E-state index is 13.0. The van der Waals surface area contributed by atoms with Crippen LogP contribution in [0.3, 0.4) is 0 Å². The zero-order valence-corrected chi connectivity index (χ0v) is 17.8. The van der Waals surface area contributed by atoms with Crippen molar-refractivity contribution in [3.05, 3.63) is 64.6 Å². The van der Waals surface area contributed by atoms with Crippen molar-refractivity contribution >= 4 is 29.0 Å². The molecular weight excluding hydrogens is 418 g/mol. The number of furan rings is 1. The number of benzene rings is 1. The van der Waals surface area contributed by atoms with E-state index in [1.165, 1.54) is 17.8 Å². The van der Waals surface area contributed by atoms with Crippen LogP contribution in [0.5, 0.6) is 0 Å². The van der Waals surface area contributed by atoms with Crippen LogP contribution in [0.4, 0.5) is 11.4 Å². The quantitative estimate of drug-likeness (QED) is 0.237. The minimum atomic E-state index is -0.414. The number of carbonyl (C=O) groups excluding carboxylic acids is 1. The average Bonchev–Trinajstić information content (AvgIpc) is 3.36. The number of rotatable bonds is 7. The third-order valence-electron chi connectivity index (χ3n) is 5.15. The van der Waals surface area contributed by atoms with E-state index in [1.807, 2.05) is 17.6 Å². The van der Waals surface area contributed by atoms with Crippen molar-refractivity contribution in [2.24, 2.45) is 0 Å². The molecule has 1 aromatic carbocycles. The summed E-state index contributed by atoms with van der Waals surface area (Å²) in [6.45, 7) is 6.75. The molecule has 0 radical (unpaired) electrons. The molecule has 160 valence electrons. The van der Waals surface area contributed by atoms with Crippen LogP contribution in [-0.4, -0.2) is 37.9 Å². The lowest BCUT2D eigenvalue weighted by molar-refractivity contribution is -0.384. The normalized spacial score (nSPS) is 13.1. The van der Waals surface area contributed by atoms with Crippen LogP contribution in [0.1, 0.15) is 17.7 Å². The van der Waals surface area contributed by atoms with Crippen LogP contribution >= 0.6 is 11.8 Å². The molecule has 0 spiro atoms. The van der Waals surface area contributed by atoms with Crippen LogP contribution in [0.25, 0.3) is 11.4 Å². The SMILES string of the molecule is C=CCn1c(SCC(=O)N2CCCc3cc([N+](=O)[O-])ccc32)nnc1-c1ccoc1C. The first-order chi connectivity index (χ1) is 15.0. The number of anilines is 1. The summed E-state index contributed by atoms with van der Waals surface area (Å²) in [7, 11) is 0. The number of aryl methyl sites for hydroxylation is 2. The molecule has 0 bridgehead atoms. The highest BCUT2D eigenvalue weighted by Gasteiger charge is 2.25. The van der Waals surface area contributed by atoms with Gasteiger partial charge in [-0.2, -0.15) is 0 Å². The first-order valence-electron chi connectivity index (χ1n) is 9.78. The third kappa shape index (κ3) is 4.11. The molecule has 1 aliphatic rings. The van der Waals surface area contributed by atoms with Crippen molar-refractivity contribution in [2.75, 3.05) is 17.2 Å². The molecule has 3 heterocycles. The molecule has 10 heteroatoms. The summed E-state index contributed by atoms with van der Waals surface area (Å²) in [5.41, 5.74) is 2.46. The van der Waals surface area contributed by atoms with Gasteiger partial charge >= 0.3 is 0 Å². The smallest absolute Gasteiger partial charge is 0.269 e. The summed E-state index contributed by atoms with van der Waals surface area (Å²) < 4.78 is 7.28. The van der Waals surface area contributed by atoms with E-state index in [0.717, 1.165) is 35.4 Å². The monoisotopic (exact) mass is 439 g/mol. The number of nitro benzene ring substituents is 1. The van der Waals surface area contributed by atoms with E-state index in [0.29, 0.717) is 24.1 Å². The lowest BCUT2D eigenvalue weighted by Gasteiger charge is -2.29. The number of nitro groups is 1. The Balaban J connectivity index is 1.53. The number of allylic oxidation sites excluding steroid dienone is 1. The Bertz CT molecular complexity index is 1150. The zero-order valence-electron chi connectivity index (χ0n) is 17.0. The first kappa shape index (κ1) is 20.9. The number of non-ortho nitro benzene ring substituents is 1. The standard InChI is InChI=1S/C21H21N5O4S/c1-3-9-25-20(17-8-11-30-14(17)2)22-23-21(25)31-13-19(27)24-10-4-5-15-12-16(26(28)29)6-7-18(15)24/h3,6-8,11-12H,1,4-5,9-10,13H2,2H3. The Morgan fingerprint density at radius 2 is 2.23 bits per heavy atom. The Hall–Kier alpha value is -3.40. The van der Waals surface area contributed by atoms with E-state index in [2.05, 4.69) is 16.8 Å². The van der Waals surface area contributed by atoms with Crippen molar-refractivity contribution in [3.8, 4) is 11.4 Å². The van der Waals surface area contributed by atoms with Gasteiger partial charge in [-0.3, -0.25) is 19.5 Å². The summed E-state index contributed by atoms with van der Waals surface area (Å²) in [5, 5.41) is 20.2. The number of aromatic nitrogens is 3. The molecule has 3 aromatic rings. The summed E-state index contributed by atoms with van der Waals surface area (Å²) in [6, 6.07) is 6.50. The van der Waals surface area contributed by atoms with E-state index >= 15 is 0 Å². The molecule has 0 saturated heterocycles. The van der Waals surface area contributed by atoms with Gasteiger partial charge in [-0.15, -0.1) is 16.8 Å². The second-order valence-corrected chi connectivity index (χ2v) is 8.05. The molecule has 0 atom stereocenters. The number of carbonyl (C=O) groups is 1. The number of thioether (sulfide) groups is 1. The minimum absolute atomic E-state index is 0.0435. The van der Waals surface area contributed by atoms with Crippen LogP contribution in [-0.2, 0) is 17.8 Å². The third-order valence-corrected chi connectivity index (χ3v) is 6.10. The predicted octanol–water partition coefficient (Wildman–Crippen LogP) is 4.01. The van der Waals surface area contributed by atoms with E-state index in [9.17, 15) is 14.9 Å². The topological polar surface area (TPSA) is 107 Å². The number of amides is 1. The van der Waals surface area contributed by atoms with Crippen LogP contribution in [0.15, 0.2) is 52.8 Å². The number of hydrogen-bond acceptors (Lipinski definition) is 7. The van der Waals surface area contributed by atoms with Crippen molar-refractivity contribution in [3.63, 3.8) is 0 Å². The molecular formula is C21H21N5O4S. The Morgan fingerprint density at radius 1 is 1.39 bits per heavy atom. The Kier molecular flexibility index (Phi) is 5.90. The van der Waals surface area contributed by atoms with Gasteiger partial charge in [-0.1, -0.05) is 17.8 Å². The maximum Gasteiger partial charge on any atom is 0.269 e. The van der Waals surface area contributed by atoms with Crippen LogP contribution < -0.4 is 4.90 Å². The number of nitrogens with zero attached hydrogens (tertiary/aromatic N) is 5. The lowest BCUT2D eigenvalue weighted by atomic mass is 10.0. The molecule has 2 aromatic heterocycles. The zero-order chi connectivity index (χ0) is 22.0. The highest BCUT2D eigenvalue weighted by molar-refractivity contribution is 7.99. The van der Waals surface area contributed by atoms with Crippen LogP contribution in [0, 0.1) is 17.0 Å². The Labute approximate surface area is 182 Å². The van der Waals surface area contributed by atoms with E-state index < -0.39 is 4.92 Å². The number of fused-ring (bicyclic) bond motifs is 1. The van der Waals surface area contributed by atoms with Gasteiger partial charge in [0, 0.05) is 30.9 Å². The molecule has 1 amide bonds. The van der Waals surface area contributed by atoms with Crippen molar-refractivity contribution in [1.82, 2.24) is 14.8 Å². The van der Waals surface area contributed by atoms with Crippen LogP contribution in [0.2, 0.25) is 0 Å². The summed E-state index contributed by atoms with van der Waals surface area (Å²) in [6.07, 6.45) is 4.84. The average molecular weight is 439 g/mol. The van der Waals surface area contributed by atoms with Crippen molar-refractivity contribution in [1.29, 1.82) is 0 Å².